The Morgan fingerprint density at radius 3 is 2.65 bits per heavy atom. The Morgan fingerprint density at radius 1 is 1.41 bits per heavy atom. The Balaban J connectivity index is 2.15. The molecule has 0 aromatic carbocycles. The molecule has 1 amide bonds. The molecular weight excluding hydrogens is 216 g/mol. The molecule has 4 heteroatoms. The van der Waals surface area contributed by atoms with Crippen molar-refractivity contribution in [3.63, 3.8) is 0 Å². The highest BCUT2D eigenvalue weighted by atomic mass is 16.3. The molecule has 1 rings (SSSR count). The van der Waals surface area contributed by atoms with Crippen LogP contribution >= 0.6 is 0 Å². The van der Waals surface area contributed by atoms with Crippen LogP contribution in [0.15, 0.2) is 0 Å². The van der Waals surface area contributed by atoms with Crippen LogP contribution in [0.2, 0.25) is 0 Å². The number of amides is 1. The minimum atomic E-state index is -0.249. The van der Waals surface area contributed by atoms with Gasteiger partial charge in [0.05, 0.1) is 12.6 Å². The molecule has 1 heterocycles. The highest BCUT2D eigenvalue weighted by Gasteiger charge is 2.22. The maximum atomic E-state index is 11.7. The summed E-state index contributed by atoms with van der Waals surface area (Å²) in [6.07, 6.45) is 2.72. The molecule has 1 fully saturated rings. The molecule has 100 valence electrons. The SMILES string of the molecule is CC(C)CCC(C)NC(=O)CN1CC[C@H](O)C1. The van der Waals surface area contributed by atoms with Crippen molar-refractivity contribution in [2.45, 2.75) is 52.2 Å². The van der Waals surface area contributed by atoms with Crippen LogP contribution in [0.4, 0.5) is 0 Å². The zero-order valence-electron chi connectivity index (χ0n) is 11.3. The lowest BCUT2D eigenvalue weighted by atomic mass is 10.0. The van der Waals surface area contributed by atoms with Gasteiger partial charge in [-0.25, -0.2) is 0 Å². The Morgan fingerprint density at radius 2 is 2.12 bits per heavy atom. The molecule has 2 N–H and O–H groups in total. The number of aliphatic hydroxyl groups is 1. The largest absolute Gasteiger partial charge is 0.392 e. The molecule has 0 bridgehead atoms. The molecule has 1 unspecified atom stereocenters. The number of nitrogens with one attached hydrogen (secondary N) is 1. The van der Waals surface area contributed by atoms with Crippen molar-refractivity contribution in [2.24, 2.45) is 5.92 Å². The highest BCUT2D eigenvalue weighted by Crippen LogP contribution is 2.09. The summed E-state index contributed by atoms with van der Waals surface area (Å²) in [7, 11) is 0. The van der Waals surface area contributed by atoms with E-state index in [9.17, 15) is 9.90 Å². The van der Waals surface area contributed by atoms with E-state index in [0.717, 1.165) is 25.8 Å². The monoisotopic (exact) mass is 242 g/mol. The summed E-state index contributed by atoms with van der Waals surface area (Å²) in [4.78, 5) is 13.7. The van der Waals surface area contributed by atoms with Gasteiger partial charge in [-0.05, 0) is 32.1 Å². The minimum Gasteiger partial charge on any atom is -0.392 e. The molecule has 17 heavy (non-hydrogen) atoms. The smallest absolute Gasteiger partial charge is 0.234 e. The number of rotatable bonds is 6. The van der Waals surface area contributed by atoms with E-state index in [0.29, 0.717) is 19.0 Å². The molecule has 1 aliphatic rings. The molecule has 0 aliphatic carbocycles. The van der Waals surface area contributed by atoms with Gasteiger partial charge < -0.3 is 10.4 Å². The van der Waals surface area contributed by atoms with Gasteiger partial charge in [-0.3, -0.25) is 9.69 Å². The van der Waals surface area contributed by atoms with Crippen LogP contribution in [0.3, 0.4) is 0 Å². The summed E-state index contributed by atoms with van der Waals surface area (Å²) in [5, 5.41) is 12.4. The number of hydrogen-bond donors (Lipinski definition) is 2. The van der Waals surface area contributed by atoms with Crippen molar-refractivity contribution < 1.29 is 9.90 Å². The maximum Gasteiger partial charge on any atom is 0.234 e. The third kappa shape index (κ3) is 6.03. The van der Waals surface area contributed by atoms with Gasteiger partial charge in [-0.15, -0.1) is 0 Å². The lowest BCUT2D eigenvalue weighted by Gasteiger charge is -2.18. The van der Waals surface area contributed by atoms with Gasteiger partial charge in [0.1, 0.15) is 0 Å². The fraction of sp³-hybridized carbons (Fsp3) is 0.923. The molecule has 0 aromatic rings. The van der Waals surface area contributed by atoms with Gasteiger partial charge in [0.25, 0.3) is 0 Å². The third-order valence-electron chi connectivity index (χ3n) is 3.20. The molecule has 0 spiro atoms. The molecule has 1 aliphatic heterocycles. The predicted octanol–water partition coefficient (Wildman–Crippen LogP) is 0.994. The maximum absolute atomic E-state index is 11.7. The fourth-order valence-corrected chi connectivity index (χ4v) is 2.13. The minimum absolute atomic E-state index is 0.0790. The van der Waals surface area contributed by atoms with E-state index in [-0.39, 0.29) is 18.1 Å². The van der Waals surface area contributed by atoms with E-state index in [1.54, 1.807) is 0 Å². The van der Waals surface area contributed by atoms with Crippen molar-refractivity contribution in [1.82, 2.24) is 10.2 Å². The molecule has 0 saturated carbocycles. The van der Waals surface area contributed by atoms with Crippen LogP contribution in [0.5, 0.6) is 0 Å². The van der Waals surface area contributed by atoms with E-state index >= 15 is 0 Å². The second kappa shape index (κ2) is 6.97. The van der Waals surface area contributed by atoms with Gasteiger partial charge in [-0.2, -0.15) is 0 Å². The molecule has 0 aromatic heterocycles. The zero-order chi connectivity index (χ0) is 12.8. The number of nitrogens with zero attached hydrogens (tertiary/aromatic N) is 1. The van der Waals surface area contributed by atoms with Crippen LogP contribution in [-0.4, -0.2) is 47.7 Å². The van der Waals surface area contributed by atoms with E-state index in [4.69, 9.17) is 0 Å². The first kappa shape index (κ1) is 14.5. The van der Waals surface area contributed by atoms with Crippen molar-refractivity contribution in [3.8, 4) is 0 Å². The normalized spacial score (nSPS) is 23.0. The average Bonchev–Trinajstić information content (AvgIpc) is 2.60. The summed E-state index contributed by atoms with van der Waals surface area (Å²) >= 11 is 0. The Bertz CT molecular complexity index is 244. The summed E-state index contributed by atoms with van der Waals surface area (Å²) in [6.45, 7) is 8.32. The van der Waals surface area contributed by atoms with Gasteiger partial charge in [-0.1, -0.05) is 13.8 Å². The molecule has 2 atom stereocenters. The predicted molar refractivity (Wildman–Crippen MR) is 68.7 cm³/mol. The van der Waals surface area contributed by atoms with E-state index in [1.165, 1.54) is 0 Å². The van der Waals surface area contributed by atoms with Gasteiger partial charge in [0, 0.05) is 19.1 Å². The first-order chi connectivity index (χ1) is 7.97. The Hall–Kier alpha value is -0.610. The first-order valence-corrected chi connectivity index (χ1v) is 6.67. The lowest BCUT2D eigenvalue weighted by Crippen LogP contribution is -2.40. The topological polar surface area (TPSA) is 52.6 Å². The van der Waals surface area contributed by atoms with Crippen LogP contribution in [0, 0.1) is 5.92 Å². The second-order valence-electron chi connectivity index (χ2n) is 5.62. The van der Waals surface area contributed by atoms with Crippen LogP contribution in [0.1, 0.15) is 40.0 Å². The lowest BCUT2D eigenvalue weighted by molar-refractivity contribution is -0.122. The molecular formula is C13H26N2O2. The number of likely N-dealkylation sites (tertiary alicyclic amines) is 1. The van der Waals surface area contributed by atoms with Crippen LogP contribution < -0.4 is 5.32 Å². The molecule has 0 radical (unpaired) electrons. The van der Waals surface area contributed by atoms with Crippen molar-refractivity contribution in [2.75, 3.05) is 19.6 Å². The van der Waals surface area contributed by atoms with E-state index < -0.39 is 0 Å². The quantitative estimate of drug-likeness (QED) is 0.730. The van der Waals surface area contributed by atoms with Crippen molar-refractivity contribution in [1.29, 1.82) is 0 Å². The average molecular weight is 242 g/mol. The first-order valence-electron chi connectivity index (χ1n) is 6.67. The van der Waals surface area contributed by atoms with Crippen molar-refractivity contribution >= 4 is 5.91 Å². The highest BCUT2D eigenvalue weighted by molar-refractivity contribution is 5.78. The number of β-amino-alcohol motifs (C(OH)–C–C–N with tert-alkyl or cyclic N) is 1. The zero-order valence-corrected chi connectivity index (χ0v) is 11.3. The van der Waals surface area contributed by atoms with E-state index in [2.05, 4.69) is 26.1 Å². The van der Waals surface area contributed by atoms with Gasteiger partial charge in [0.2, 0.25) is 5.91 Å². The van der Waals surface area contributed by atoms with Crippen LogP contribution in [0.25, 0.3) is 0 Å². The van der Waals surface area contributed by atoms with Gasteiger partial charge >= 0.3 is 0 Å². The summed E-state index contributed by atoms with van der Waals surface area (Å²) < 4.78 is 0. The molecule has 4 nitrogen and oxygen atoms in total. The fourth-order valence-electron chi connectivity index (χ4n) is 2.13. The Kier molecular flexibility index (Phi) is 5.92. The molecule has 1 saturated heterocycles. The van der Waals surface area contributed by atoms with Gasteiger partial charge in [0.15, 0.2) is 0 Å². The third-order valence-corrected chi connectivity index (χ3v) is 3.20. The number of aliphatic hydroxyl groups excluding tert-OH is 1. The summed E-state index contributed by atoms with van der Waals surface area (Å²) in [6, 6.07) is 0.248. The van der Waals surface area contributed by atoms with Crippen molar-refractivity contribution in [3.05, 3.63) is 0 Å². The van der Waals surface area contributed by atoms with Crippen LogP contribution in [-0.2, 0) is 4.79 Å². The number of hydrogen-bond acceptors (Lipinski definition) is 3. The Labute approximate surface area is 104 Å². The second-order valence-corrected chi connectivity index (χ2v) is 5.62. The number of carbonyl (C=O) groups is 1. The number of carbonyl (C=O) groups excluding carboxylic acids is 1. The summed E-state index contributed by atoms with van der Waals surface area (Å²) in [5.74, 6) is 0.762. The van der Waals surface area contributed by atoms with E-state index in [1.807, 2.05) is 4.90 Å². The summed E-state index contributed by atoms with van der Waals surface area (Å²) in [5.41, 5.74) is 0. The standard InChI is InChI=1S/C13H26N2O2/c1-10(2)4-5-11(3)14-13(17)9-15-7-6-12(16)8-15/h10-12,16H,4-9H2,1-3H3,(H,14,17)/t11?,12-/m0/s1.